The highest BCUT2D eigenvalue weighted by Crippen LogP contribution is 2.06. The molecule has 1 rings (SSSR count). The van der Waals surface area contributed by atoms with Crippen LogP contribution in [-0.4, -0.2) is 30.4 Å². The van der Waals surface area contributed by atoms with Gasteiger partial charge in [-0.05, 0) is 31.7 Å². The number of nitrogens with two attached hydrogens (primary N) is 1. The van der Waals surface area contributed by atoms with E-state index in [2.05, 4.69) is 10.6 Å². The molecule has 1 aromatic rings. The molecular weight excluding hydrogens is 290 g/mol. The van der Waals surface area contributed by atoms with Crippen molar-refractivity contribution < 1.29 is 9.59 Å². The van der Waals surface area contributed by atoms with Crippen LogP contribution in [0.5, 0.6) is 0 Å². The number of carbonyl (C=O) groups excluding carboxylic acids is 2. The molecule has 0 spiro atoms. The molecule has 0 aliphatic carbocycles. The normalized spacial score (nSPS) is 13.5. The van der Waals surface area contributed by atoms with Crippen LogP contribution >= 0.6 is 0 Å². The quantitative estimate of drug-likeness (QED) is 0.604. The summed E-state index contributed by atoms with van der Waals surface area (Å²) in [7, 11) is 0. The summed E-state index contributed by atoms with van der Waals surface area (Å²) >= 11 is 0. The first-order valence-electron chi connectivity index (χ1n) is 8.08. The van der Waals surface area contributed by atoms with Gasteiger partial charge in [-0.3, -0.25) is 9.59 Å². The van der Waals surface area contributed by atoms with Crippen LogP contribution in [0.25, 0.3) is 0 Å². The van der Waals surface area contributed by atoms with Crippen molar-refractivity contribution >= 4 is 11.8 Å². The van der Waals surface area contributed by atoms with Gasteiger partial charge < -0.3 is 16.4 Å². The Bertz CT molecular complexity index is 512. The fraction of sp³-hybridized carbons (Fsp3) is 0.444. The SMILES string of the molecule is CCCNC(=O)/C=C/[C@H](CCc1ccccc1)NC(=O)[C@H](C)N. The minimum atomic E-state index is -0.573. The van der Waals surface area contributed by atoms with Gasteiger partial charge in [-0.2, -0.15) is 0 Å². The van der Waals surface area contributed by atoms with E-state index in [-0.39, 0.29) is 17.9 Å². The second-order valence-electron chi connectivity index (χ2n) is 5.58. The molecule has 0 heterocycles. The van der Waals surface area contributed by atoms with Crippen LogP contribution in [0.2, 0.25) is 0 Å². The minimum absolute atomic E-state index is 0.147. The van der Waals surface area contributed by atoms with Crippen LogP contribution in [0.15, 0.2) is 42.5 Å². The third kappa shape index (κ3) is 8.16. The highest BCUT2D eigenvalue weighted by Gasteiger charge is 2.13. The first-order valence-corrected chi connectivity index (χ1v) is 8.08. The molecule has 23 heavy (non-hydrogen) atoms. The highest BCUT2D eigenvalue weighted by molar-refractivity contribution is 5.87. The van der Waals surface area contributed by atoms with Gasteiger partial charge in [0.1, 0.15) is 0 Å². The number of aryl methyl sites for hydroxylation is 1. The van der Waals surface area contributed by atoms with Gasteiger partial charge in [0.15, 0.2) is 0 Å². The number of rotatable bonds is 9. The molecule has 0 radical (unpaired) electrons. The molecule has 0 aliphatic heterocycles. The summed E-state index contributed by atoms with van der Waals surface area (Å²) in [6.45, 7) is 4.28. The molecule has 126 valence electrons. The molecule has 0 fully saturated rings. The van der Waals surface area contributed by atoms with E-state index >= 15 is 0 Å². The van der Waals surface area contributed by atoms with E-state index in [1.165, 1.54) is 11.6 Å². The zero-order valence-electron chi connectivity index (χ0n) is 13.9. The second-order valence-corrected chi connectivity index (χ2v) is 5.58. The maximum Gasteiger partial charge on any atom is 0.243 e. The smallest absolute Gasteiger partial charge is 0.243 e. The number of carbonyl (C=O) groups is 2. The van der Waals surface area contributed by atoms with Crippen molar-refractivity contribution in [2.45, 2.75) is 45.2 Å². The first-order chi connectivity index (χ1) is 11.0. The van der Waals surface area contributed by atoms with Crippen LogP contribution < -0.4 is 16.4 Å². The van der Waals surface area contributed by atoms with E-state index < -0.39 is 6.04 Å². The van der Waals surface area contributed by atoms with E-state index in [4.69, 9.17) is 5.73 Å². The molecular formula is C18H27N3O2. The van der Waals surface area contributed by atoms with Gasteiger partial charge in [0.2, 0.25) is 11.8 Å². The fourth-order valence-corrected chi connectivity index (χ4v) is 2.01. The van der Waals surface area contributed by atoms with Gasteiger partial charge in [0.25, 0.3) is 0 Å². The minimum Gasteiger partial charge on any atom is -0.353 e. The number of nitrogens with one attached hydrogen (secondary N) is 2. The monoisotopic (exact) mass is 317 g/mol. The van der Waals surface area contributed by atoms with Crippen molar-refractivity contribution in [2.75, 3.05) is 6.54 Å². The predicted molar refractivity (Wildman–Crippen MR) is 92.8 cm³/mol. The predicted octanol–water partition coefficient (Wildman–Crippen LogP) is 1.53. The van der Waals surface area contributed by atoms with Gasteiger partial charge in [-0.1, -0.05) is 43.3 Å². The Morgan fingerprint density at radius 2 is 1.96 bits per heavy atom. The molecule has 5 nitrogen and oxygen atoms in total. The van der Waals surface area contributed by atoms with Crippen LogP contribution in [0.1, 0.15) is 32.3 Å². The number of amides is 2. The zero-order valence-corrected chi connectivity index (χ0v) is 13.9. The van der Waals surface area contributed by atoms with Gasteiger partial charge in [-0.15, -0.1) is 0 Å². The maximum atomic E-state index is 11.8. The number of benzene rings is 1. The van der Waals surface area contributed by atoms with Crippen LogP contribution in [0.3, 0.4) is 0 Å². The van der Waals surface area contributed by atoms with Crippen LogP contribution in [0, 0.1) is 0 Å². The van der Waals surface area contributed by atoms with Gasteiger partial charge in [0, 0.05) is 18.7 Å². The van der Waals surface area contributed by atoms with Crippen LogP contribution in [0.4, 0.5) is 0 Å². The fourth-order valence-electron chi connectivity index (χ4n) is 2.01. The first kappa shape index (κ1) is 18.9. The van der Waals surface area contributed by atoms with E-state index in [0.29, 0.717) is 13.0 Å². The average molecular weight is 317 g/mol. The lowest BCUT2D eigenvalue weighted by atomic mass is 10.0. The molecule has 0 saturated carbocycles. The summed E-state index contributed by atoms with van der Waals surface area (Å²) in [5, 5.41) is 5.64. The Morgan fingerprint density at radius 1 is 1.26 bits per heavy atom. The van der Waals surface area contributed by atoms with Gasteiger partial charge in [-0.25, -0.2) is 0 Å². The summed E-state index contributed by atoms with van der Waals surface area (Å²) in [6, 6.07) is 9.23. The number of hydrogen-bond donors (Lipinski definition) is 3. The van der Waals surface area contributed by atoms with Crippen molar-refractivity contribution in [1.29, 1.82) is 0 Å². The molecule has 0 saturated heterocycles. The Balaban J connectivity index is 2.62. The summed E-state index contributed by atoms with van der Waals surface area (Å²) < 4.78 is 0. The second kappa shape index (κ2) is 10.6. The molecule has 0 unspecified atom stereocenters. The Labute approximate surface area is 138 Å². The molecule has 5 heteroatoms. The lowest BCUT2D eigenvalue weighted by Gasteiger charge is -2.17. The van der Waals surface area contributed by atoms with Crippen molar-refractivity contribution in [1.82, 2.24) is 10.6 Å². The third-order valence-corrected chi connectivity index (χ3v) is 3.36. The highest BCUT2D eigenvalue weighted by atomic mass is 16.2. The van der Waals surface area contributed by atoms with Crippen molar-refractivity contribution in [3.05, 3.63) is 48.0 Å². The largest absolute Gasteiger partial charge is 0.353 e. The Morgan fingerprint density at radius 3 is 2.57 bits per heavy atom. The van der Waals surface area contributed by atoms with Gasteiger partial charge >= 0.3 is 0 Å². The van der Waals surface area contributed by atoms with Crippen molar-refractivity contribution in [2.24, 2.45) is 5.73 Å². The molecule has 0 aromatic heterocycles. The van der Waals surface area contributed by atoms with Gasteiger partial charge in [0.05, 0.1) is 6.04 Å². The summed E-state index contributed by atoms with van der Waals surface area (Å²) in [6.07, 6.45) is 5.62. The third-order valence-electron chi connectivity index (χ3n) is 3.36. The summed E-state index contributed by atoms with van der Waals surface area (Å²) in [5.41, 5.74) is 6.79. The van der Waals surface area contributed by atoms with E-state index in [0.717, 1.165) is 12.8 Å². The van der Waals surface area contributed by atoms with E-state index in [1.807, 2.05) is 37.3 Å². The summed E-state index contributed by atoms with van der Waals surface area (Å²) in [4.78, 5) is 23.5. The topological polar surface area (TPSA) is 84.2 Å². The standard InChI is InChI=1S/C18H27N3O2/c1-3-13-20-17(22)12-11-16(21-18(23)14(2)19)10-9-15-7-5-4-6-8-15/h4-8,11-12,14,16H,3,9-10,13,19H2,1-2H3,(H,20,22)(H,21,23)/b12-11+/t14-,16-/m0/s1. The average Bonchev–Trinajstić information content (AvgIpc) is 2.56. The maximum absolute atomic E-state index is 11.8. The lowest BCUT2D eigenvalue weighted by Crippen LogP contribution is -2.43. The Hall–Kier alpha value is -2.14. The number of hydrogen-bond acceptors (Lipinski definition) is 3. The van der Waals surface area contributed by atoms with Crippen LogP contribution in [-0.2, 0) is 16.0 Å². The van der Waals surface area contributed by atoms with Crippen molar-refractivity contribution in [3.63, 3.8) is 0 Å². The molecule has 2 amide bonds. The molecule has 0 aliphatic rings. The molecule has 0 bridgehead atoms. The van der Waals surface area contributed by atoms with E-state index in [9.17, 15) is 9.59 Å². The summed E-state index contributed by atoms with van der Waals surface area (Å²) in [5.74, 6) is -0.367. The molecule has 2 atom stereocenters. The lowest BCUT2D eigenvalue weighted by molar-refractivity contribution is -0.122. The zero-order chi connectivity index (χ0) is 17.1. The Kier molecular flexibility index (Phi) is 8.68. The molecule has 4 N–H and O–H groups in total. The van der Waals surface area contributed by atoms with E-state index in [1.54, 1.807) is 13.0 Å². The molecule has 1 aromatic carbocycles. The van der Waals surface area contributed by atoms with Crippen molar-refractivity contribution in [3.8, 4) is 0 Å².